The molecule has 0 radical (unpaired) electrons. The number of nitriles is 1. The van der Waals surface area contributed by atoms with E-state index < -0.39 is 19.3 Å². The second kappa shape index (κ2) is 11.0. The Balaban J connectivity index is 2.59. The van der Waals surface area contributed by atoms with Crippen LogP contribution in [0.4, 0.5) is 0 Å². The largest absolute Gasteiger partial charge is 0.341 e. The van der Waals surface area contributed by atoms with Crippen molar-refractivity contribution in [1.82, 2.24) is 0 Å². The first kappa shape index (κ1) is 23.8. The Kier molecular flexibility index (Phi) is 8.74. The van der Waals surface area contributed by atoms with Crippen LogP contribution in [0.2, 0.25) is 0 Å². The van der Waals surface area contributed by atoms with Gasteiger partial charge in [-0.1, -0.05) is 66.7 Å². The molecule has 0 spiro atoms. The predicted octanol–water partition coefficient (Wildman–Crippen LogP) is 6.01. The van der Waals surface area contributed by atoms with Gasteiger partial charge in [-0.25, -0.2) is 0 Å². The van der Waals surface area contributed by atoms with Crippen molar-refractivity contribution in [3.8, 4) is 6.07 Å². The van der Waals surface area contributed by atoms with Gasteiger partial charge in [-0.05, 0) is 27.7 Å². The van der Waals surface area contributed by atoms with Crippen molar-refractivity contribution in [1.29, 1.82) is 5.26 Å². The Morgan fingerprint density at radius 3 is 1.73 bits per heavy atom. The van der Waals surface area contributed by atoms with Crippen LogP contribution >= 0.6 is 7.60 Å². The summed E-state index contributed by atoms with van der Waals surface area (Å²) in [6, 6.07) is 20.4. The molecule has 0 bridgehead atoms. The fourth-order valence-corrected chi connectivity index (χ4v) is 5.26. The van der Waals surface area contributed by atoms with Crippen LogP contribution in [-0.4, -0.2) is 29.6 Å². The summed E-state index contributed by atoms with van der Waals surface area (Å²) in [5, 5.41) is 9.96. The Hall–Kier alpha value is -2.51. The summed E-state index contributed by atoms with van der Waals surface area (Å²) in [4.78, 5) is 4.74. The van der Waals surface area contributed by atoms with Gasteiger partial charge in [-0.15, -0.1) is 6.58 Å². The van der Waals surface area contributed by atoms with E-state index in [1.807, 2.05) is 60.7 Å². The molecule has 2 rings (SSSR count). The van der Waals surface area contributed by atoms with Crippen molar-refractivity contribution < 1.29 is 13.6 Å². The highest BCUT2D eigenvalue weighted by Gasteiger charge is 2.41. The fraction of sp³-hybridized carbons (Fsp3) is 0.333. The molecule has 5 nitrogen and oxygen atoms in total. The number of rotatable bonds is 10. The lowest BCUT2D eigenvalue weighted by Crippen LogP contribution is -2.27. The maximum Gasteiger partial charge on any atom is 0.341 e. The number of benzene rings is 2. The normalized spacial score (nSPS) is 13.5. The molecule has 0 saturated carbocycles. The summed E-state index contributed by atoms with van der Waals surface area (Å²) >= 11 is 0. The molecule has 0 fully saturated rings. The average molecular weight is 424 g/mol. The average Bonchev–Trinajstić information content (AvgIpc) is 2.71. The van der Waals surface area contributed by atoms with Crippen molar-refractivity contribution in [3.05, 3.63) is 84.4 Å². The minimum Gasteiger partial charge on any atom is -0.305 e. The van der Waals surface area contributed by atoms with E-state index in [9.17, 15) is 9.83 Å². The van der Waals surface area contributed by atoms with Gasteiger partial charge in [0.15, 0.2) is 6.04 Å². The fourth-order valence-electron chi connectivity index (χ4n) is 3.01. The van der Waals surface area contributed by atoms with Crippen LogP contribution in [0.25, 0.3) is 0 Å². The van der Waals surface area contributed by atoms with Gasteiger partial charge in [0.1, 0.15) is 5.66 Å². The second-order valence-electron chi connectivity index (χ2n) is 7.36. The number of hydrogen-bond acceptors (Lipinski definition) is 5. The third kappa shape index (κ3) is 6.24. The molecular weight excluding hydrogens is 395 g/mol. The number of aliphatic imine (C=N–C) groups is 1. The predicted molar refractivity (Wildman–Crippen MR) is 122 cm³/mol. The first-order chi connectivity index (χ1) is 14.3. The molecule has 0 amide bonds. The molecule has 158 valence electrons. The minimum absolute atomic E-state index is 0.344. The zero-order chi connectivity index (χ0) is 22.1. The first-order valence-corrected chi connectivity index (χ1v) is 11.6. The van der Waals surface area contributed by atoms with Crippen molar-refractivity contribution >= 4 is 13.3 Å². The smallest absolute Gasteiger partial charge is 0.305 e. The summed E-state index contributed by atoms with van der Waals surface area (Å²) in [5.74, 6) is 0. The highest BCUT2D eigenvalue weighted by Crippen LogP contribution is 2.57. The van der Waals surface area contributed by atoms with Crippen LogP contribution < -0.4 is 0 Å². The molecule has 6 heteroatoms. The van der Waals surface area contributed by atoms with Crippen LogP contribution in [0.3, 0.4) is 0 Å². The molecule has 2 atom stereocenters. The van der Waals surface area contributed by atoms with E-state index in [0.29, 0.717) is 5.71 Å². The summed E-state index contributed by atoms with van der Waals surface area (Å²) in [5.41, 5.74) is 1.44. The standard InChI is InChI=1S/C24H29N2O3P/c1-6-23(30(27,28-18(2)3)29-19(4)5)22(17-25)26-24(20-13-9-7-10-14-20)21-15-11-8-12-16-21/h6-16,18-19,22-23H,1H2,2-5H3/t22-,23+/m0/s1. The Morgan fingerprint density at radius 2 is 1.40 bits per heavy atom. The van der Waals surface area contributed by atoms with E-state index in [0.717, 1.165) is 11.1 Å². The first-order valence-electron chi connectivity index (χ1n) is 9.98. The van der Waals surface area contributed by atoms with Crippen LogP contribution in [0.5, 0.6) is 0 Å². The molecular formula is C24H29N2O3P. The molecule has 0 heterocycles. The van der Waals surface area contributed by atoms with E-state index >= 15 is 0 Å². The highest BCUT2D eigenvalue weighted by atomic mass is 31.2. The second-order valence-corrected chi connectivity index (χ2v) is 9.46. The third-order valence-corrected chi connectivity index (χ3v) is 6.80. The third-order valence-electron chi connectivity index (χ3n) is 4.14. The van der Waals surface area contributed by atoms with Gasteiger partial charge in [-0.3, -0.25) is 9.56 Å². The van der Waals surface area contributed by atoms with Crippen molar-refractivity contribution in [2.24, 2.45) is 4.99 Å². The summed E-state index contributed by atoms with van der Waals surface area (Å²) in [6.07, 6.45) is 0.766. The Bertz CT molecular complexity index is 878. The zero-order valence-electron chi connectivity index (χ0n) is 17.9. The van der Waals surface area contributed by atoms with E-state index in [1.165, 1.54) is 6.08 Å². The van der Waals surface area contributed by atoms with Gasteiger partial charge in [0, 0.05) is 11.1 Å². The molecule has 0 unspecified atom stereocenters. The summed E-state index contributed by atoms with van der Waals surface area (Å²) in [6.45, 7) is 10.9. The summed E-state index contributed by atoms with van der Waals surface area (Å²) in [7, 11) is -3.70. The van der Waals surface area contributed by atoms with Crippen LogP contribution in [0, 0.1) is 11.3 Å². The molecule has 0 aliphatic heterocycles. The quantitative estimate of drug-likeness (QED) is 0.266. The van der Waals surface area contributed by atoms with Gasteiger partial charge in [0.25, 0.3) is 0 Å². The number of hydrogen-bond donors (Lipinski definition) is 0. The molecule has 0 aliphatic rings. The maximum atomic E-state index is 13.7. The molecule has 30 heavy (non-hydrogen) atoms. The Labute approximate surface area is 179 Å². The lowest BCUT2D eigenvalue weighted by atomic mass is 10.0. The lowest BCUT2D eigenvalue weighted by molar-refractivity contribution is 0.138. The van der Waals surface area contributed by atoms with Crippen molar-refractivity contribution in [2.75, 3.05) is 0 Å². The van der Waals surface area contributed by atoms with Crippen LogP contribution in [0.1, 0.15) is 38.8 Å². The van der Waals surface area contributed by atoms with E-state index in [-0.39, 0.29) is 12.2 Å². The monoisotopic (exact) mass is 424 g/mol. The van der Waals surface area contributed by atoms with Crippen LogP contribution in [-0.2, 0) is 13.6 Å². The van der Waals surface area contributed by atoms with Gasteiger partial charge in [0.05, 0.1) is 24.0 Å². The summed E-state index contributed by atoms with van der Waals surface area (Å²) < 4.78 is 25.1. The molecule has 0 aromatic heterocycles. The zero-order valence-corrected chi connectivity index (χ0v) is 18.8. The maximum absolute atomic E-state index is 13.7. The molecule has 0 N–H and O–H groups in total. The lowest BCUT2D eigenvalue weighted by Gasteiger charge is -2.29. The van der Waals surface area contributed by atoms with Gasteiger partial charge >= 0.3 is 7.60 Å². The van der Waals surface area contributed by atoms with Gasteiger partial charge < -0.3 is 9.05 Å². The number of nitrogens with zero attached hydrogens (tertiary/aromatic N) is 2. The minimum atomic E-state index is -3.70. The van der Waals surface area contributed by atoms with E-state index in [4.69, 9.17) is 14.0 Å². The molecule has 2 aromatic carbocycles. The van der Waals surface area contributed by atoms with Crippen molar-refractivity contribution in [2.45, 2.75) is 51.6 Å². The molecule has 2 aromatic rings. The van der Waals surface area contributed by atoms with E-state index in [1.54, 1.807) is 27.7 Å². The van der Waals surface area contributed by atoms with Gasteiger partial charge in [0.2, 0.25) is 0 Å². The molecule has 0 saturated heterocycles. The SMILES string of the molecule is C=C[C@H]([C@H](C#N)N=C(c1ccccc1)c1ccccc1)P(=O)(OC(C)C)OC(C)C. The Morgan fingerprint density at radius 1 is 0.967 bits per heavy atom. The topological polar surface area (TPSA) is 71.7 Å². The molecule has 0 aliphatic carbocycles. The van der Waals surface area contributed by atoms with Crippen LogP contribution in [0.15, 0.2) is 78.3 Å². The van der Waals surface area contributed by atoms with Crippen molar-refractivity contribution in [3.63, 3.8) is 0 Å². The van der Waals surface area contributed by atoms with E-state index in [2.05, 4.69) is 12.6 Å². The van der Waals surface area contributed by atoms with Gasteiger partial charge in [-0.2, -0.15) is 5.26 Å². The highest BCUT2D eigenvalue weighted by molar-refractivity contribution is 7.55.